The van der Waals surface area contributed by atoms with Crippen LogP contribution in [-0.2, 0) is 16.1 Å². The van der Waals surface area contributed by atoms with Gasteiger partial charge in [-0.3, -0.25) is 29.4 Å². The lowest BCUT2D eigenvalue weighted by molar-refractivity contribution is -0.136. The van der Waals surface area contributed by atoms with Crippen LogP contribution in [0.5, 0.6) is 0 Å². The van der Waals surface area contributed by atoms with E-state index in [2.05, 4.69) is 22.9 Å². The molecule has 3 atom stereocenters. The quantitative estimate of drug-likeness (QED) is 0.625. The minimum absolute atomic E-state index is 0.118. The van der Waals surface area contributed by atoms with Crippen molar-refractivity contribution in [3.05, 3.63) is 34.9 Å². The highest BCUT2D eigenvalue weighted by atomic mass is 16.2. The molecule has 4 rings (SSSR count). The molecule has 2 saturated heterocycles. The molecule has 28 heavy (non-hydrogen) atoms. The van der Waals surface area contributed by atoms with Crippen LogP contribution in [0.4, 0.5) is 0 Å². The van der Waals surface area contributed by atoms with Crippen molar-refractivity contribution in [2.75, 3.05) is 13.1 Å². The second kappa shape index (κ2) is 7.44. The fourth-order valence-corrected chi connectivity index (χ4v) is 4.18. The maximum atomic E-state index is 12.8. The summed E-state index contributed by atoms with van der Waals surface area (Å²) in [5, 5.41) is 9.06. The molecule has 0 aliphatic carbocycles. The van der Waals surface area contributed by atoms with Crippen molar-refractivity contribution in [2.45, 2.75) is 44.8 Å². The maximum absolute atomic E-state index is 12.8. The number of amides is 4. The van der Waals surface area contributed by atoms with Gasteiger partial charge < -0.3 is 10.6 Å². The Kier molecular flexibility index (Phi) is 4.99. The smallest absolute Gasteiger partial charge is 0.262 e. The number of fused-ring (bicyclic) bond motifs is 1. The lowest BCUT2D eigenvalue weighted by atomic mass is 10.00. The van der Waals surface area contributed by atoms with Crippen molar-refractivity contribution in [1.82, 2.24) is 20.9 Å². The van der Waals surface area contributed by atoms with Gasteiger partial charge in [0, 0.05) is 19.0 Å². The summed E-state index contributed by atoms with van der Waals surface area (Å²) in [6.45, 7) is 4.81. The van der Waals surface area contributed by atoms with Crippen molar-refractivity contribution < 1.29 is 19.2 Å². The van der Waals surface area contributed by atoms with Gasteiger partial charge in [0.2, 0.25) is 11.8 Å². The molecule has 3 N–H and O–H groups in total. The van der Waals surface area contributed by atoms with Gasteiger partial charge >= 0.3 is 0 Å². The second-order valence-electron chi connectivity index (χ2n) is 7.75. The first kappa shape index (κ1) is 18.8. The Morgan fingerprint density at radius 2 is 1.93 bits per heavy atom. The molecular formula is C20H24N4O4. The topological polar surface area (TPSA) is 108 Å². The zero-order chi connectivity index (χ0) is 19.8. The summed E-state index contributed by atoms with van der Waals surface area (Å²) < 4.78 is 0. The monoisotopic (exact) mass is 384 g/mol. The number of benzene rings is 1. The zero-order valence-electron chi connectivity index (χ0n) is 15.8. The first-order chi connectivity index (χ1) is 13.5. The van der Waals surface area contributed by atoms with Crippen LogP contribution in [-0.4, -0.2) is 53.7 Å². The normalized spacial score (nSPS) is 25.8. The molecule has 8 heteroatoms. The van der Waals surface area contributed by atoms with Crippen LogP contribution in [0.1, 0.15) is 52.5 Å². The Hall–Kier alpha value is -2.58. The number of hydrogen-bond donors (Lipinski definition) is 3. The maximum Gasteiger partial charge on any atom is 0.262 e. The molecule has 2 fully saturated rings. The first-order valence-corrected chi connectivity index (χ1v) is 9.74. The SMILES string of the molecule is CC(NCc1ccc2c(c1)C(=O)N(C1CCC(=O)NC1=O)C2=O)C1CCNC1. The highest BCUT2D eigenvalue weighted by molar-refractivity contribution is 6.23. The number of nitrogens with zero attached hydrogens (tertiary/aromatic N) is 1. The van der Waals surface area contributed by atoms with Gasteiger partial charge in [0.25, 0.3) is 11.8 Å². The molecule has 3 aliphatic rings. The van der Waals surface area contributed by atoms with Crippen LogP contribution in [0.3, 0.4) is 0 Å². The van der Waals surface area contributed by atoms with Crippen molar-refractivity contribution in [3.63, 3.8) is 0 Å². The summed E-state index contributed by atoms with van der Waals surface area (Å²) in [5.74, 6) is -1.33. The highest BCUT2D eigenvalue weighted by Crippen LogP contribution is 2.28. The molecule has 0 spiro atoms. The molecule has 1 aromatic carbocycles. The van der Waals surface area contributed by atoms with E-state index in [1.54, 1.807) is 12.1 Å². The van der Waals surface area contributed by atoms with E-state index >= 15 is 0 Å². The Morgan fingerprint density at radius 3 is 2.64 bits per heavy atom. The summed E-state index contributed by atoms with van der Waals surface area (Å²) in [4.78, 5) is 50.0. The van der Waals surface area contributed by atoms with E-state index < -0.39 is 23.8 Å². The third-order valence-corrected chi connectivity index (χ3v) is 5.94. The standard InChI is InChI=1S/C20H24N4O4/c1-11(13-6-7-21-10-13)22-9-12-2-3-14-15(8-12)20(28)24(19(14)27)16-4-5-17(25)23-18(16)26/h2-3,8,11,13,16,21-22H,4-7,9-10H2,1H3,(H,23,25,26). The third-order valence-electron chi connectivity index (χ3n) is 5.94. The van der Waals surface area contributed by atoms with Crippen LogP contribution in [0.15, 0.2) is 18.2 Å². The van der Waals surface area contributed by atoms with Gasteiger partial charge in [0.1, 0.15) is 6.04 Å². The molecular weight excluding hydrogens is 360 g/mol. The van der Waals surface area contributed by atoms with Gasteiger partial charge in [-0.1, -0.05) is 6.07 Å². The predicted octanol–water partition coefficient (Wildman–Crippen LogP) is 0.175. The number of piperidine rings is 1. The van der Waals surface area contributed by atoms with E-state index in [4.69, 9.17) is 0 Å². The summed E-state index contributed by atoms with van der Waals surface area (Å²) >= 11 is 0. The van der Waals surface area contributed by atoms with Crippen molar-refractivity contribution >= 4 is 23.6 Å². The zero-order valence-corrected chi connectivity index (χ0v) is 15.8. The average molecular weight is 384 g/mol. The van der Waals surface area contributed by atoms with Gasteiger partial charge in [-0.15, -0.1) is 0 Å². The number of nitrogens with one attached hydrogen (secondary N) is 3. The molecule has 0 saturated carbocycles. The van der Waals surface area contributed by atoms with E-state index in [0.29, 0.717) is 29.6 Å². The molecule has 4 amide bonds. The first-order valence-electron chi connectivity index (χ1n) is 9.74. The number of imide groups is 2. The van der Waals surface area contributed by atoms with E-state index in [-0.39, 0.29) is 18.7 Å². The van der Waals surface area contributed by atoms with E-state index in [0.717, 1.165) is 30.0 Å². The number of hydrogen-bond acceptors (Lipinski definition) is 6. The molecule has 8 nitrogen and oxygen atoms in total. The predicted molar refractivity (Wildman–Crippen MR) is 100 cm³/mol. The van der Waals surface area contributed by atoms with Gasteiger partial charge in [0.15, 0.2) is 0 Å². The van der Waals surface area contributed by atoms with Crippen molar-refractivity contribution in [3.8, 4) is 0 Å². The molecule has 3 unspecified atom stereocenters. The van der Waals surface area contributed by atoms with Gasteiger partial charge in [-0.2, -0.15) is 0 Å². The molecule has 0 radical (unpaired) electrons. The summed E-state index contributed by atoms with van der Waals surface area (Å²) in [7, 11) is 0. The Morgan fingerprint density at radius 1 is 1.14 bits per heavy atom. The Balaban J connectivity index is 1.47. The average Bonchev–Trinajstić information content (AvgIpc) is 3.29. The minimum Gasteiger partial charge on any atom is -0.316 e. The van der Waals surface area contributed by atoms with Crippen LogP contribution in [0, 0.1) is 5.92 Å². The van der Waals surface area contributed by atoms with Crippen molar-refractivity contribution in [1.29, 1.82) is 0 Å². The number of carbonyl (C=O) groups is 4. The largest absolute Gasteiger partial charge is 0.316 e. The van der Waals surface area contributed by atoms with Crippen LogP contribution in [0.25, 0.3) is 0 Å². The fourth-order valence-electron chi connectivity index (χ4n) is 4.18. The van der Waals surface area contributed by atoms with Crippen molar-refractivity contribution in [2.24, 2.45) is 5.92 Å². The van der Waals surface area contributed by atoms with Gasteiger partial charge in [-0.05, 0) is 56.5 Å². The van der Waals surface area contributed by atoms with E-state index in [1.165, 1.54) is 0 Å². The molecule has 3 heterocycles. The molecule has 0 aromatic heterocycles. The Labute approximate surface area is 163 Å². The molecule has 3 aliphatic heterocycles. The van der Waals surface area contributed by atoms with Gasteiger partial charge in [-0.25, -0.2) is 0 Å². The molecule has 1 aromatic rings. The minimum atomic E-state index is -0.929. The van der Waals surface area contributed by atoms with Gasteiger partial charge in [0.05, 0.1) is 11.1 Å². The second-order valence-corrected chi connectivity index (χ2v) is 7.75. The summed E-state index contributed by atoms with van der Waals surface area (Å²) in [6.07, 6.45) is 1.43. The fraction of sp³-hybridized carbons (Fsp3) is 0.500. The third kappa shape index (κ3) is 3.33. The van der Waals surface area contributed by atoms with Crippen LogP contribution < -0.4 is 16.0 Å². The summed E-state index contributed by atoms with van der Waals surface area (Å²) in [6, 6.07) is 4.64. The lowest BCUT2D eigenvalue weighted by Crippen LogP contribution is -2.54. The molecule has 0 bridgehead atoms. The van der Waals surface area contributed by atoms with E-state index in [1.807, 2.05) is 6.07 Å². The Bertz CT molecular complexity index is 847. The van der Waals surface area contributed by atoms with E-state index in [9.17, 15) is 19.2 Å². The highest BCUT2D eigenvalue weighted by Gasteiger charge is 2.44. The molecule has 148 valence electrons. The number of rotatable bonds is 5. The lowest BCUT2D eigenvalue weighted by Gasteiger charge is -2.27. The van der Waals surface area contributed by atoms with Crippen LogP contribution >= 0.6 is 0 Å². The van der Waals surface area contributed by atoms with Crippen LogP contribution in [0.2, 0.25) is 0 Å². The summed E-state index contributed by atoms with van der Waals surface area (Å²) in [5.41, 5.74) is 1.55. The number of carbonyl (C=O) groups excluding carboxylic acids is 4.